The second-order valence-corrected chi connectivity index (χ2v) is 5.93. The van der Waals surface area contributed by atoms with Crippen molar-refractivity contribution in [2.75, 3.05) is 0 Å². The van der Waals surface area contributed by atoms with Crippen molar-refractivity contribution < 1.29 is 0 Å². The Labute approximate surface area is 142 Å². The fourth-order valence-electron chi connectivity index (χ4n) is 2.67. The third-order valence-corrected chi connectivity index (χ3v) is 4.10. The van der Waals surface area contributed by atoms with Gasteiger partial charge in [-0.2, -0.15) is 20.3 Å². The van der Waals surface area contributed by atoms with E-state index in [1.807, 2.05) is 36.4 Å². The first-order valence-electron chi connectivity index (χ1n) is 7.90. The predicted molar refractivity (Wildman–Crippen MR) is 88.4 cm³/mol. The molecule has 0 amide bonds. The molecular formula is C17H14N6O2. The Morgan fingerprint density at radius 3 is 2.64 bits per heavy atom. The molecule has 8 heteroatoms. The summed E-state index contributed by atoms with van der Waals surface area (Å²) in [5.41, 5.74) is 0.198. The molecule has 0 spiro atoms. The molecule has 124 valence electrons. The van der Waals surface area contributed by atoms with E-state index >= 15 is 0 Å². The van der Waals surface area contributed by atoms with Crippen LogP contribution in [0.15, 0.2) is 52.3 Å². The van der Waals surface area contributed by atoms with Crippen LogP contribution in [0.3, 0.4) is 0 Å². The van der Waals surface area contributed by atoms with Gasteiger partial charge in [-0.05, 0) is 25.0 Å². The molecule has 1 aromatic carbocycles. The first-order chi connectivity index (χ1) is 12.2. The van der Waals surface area contributed by atoms with Gasteiger partial charge in [-0.1, -0.05) is 18.2 Å². The Balaban J connectivity index is 1.73. The number of aromatic nitrogens is 5. The van der Waals surface area contributed by atoms with Crippen LogP contribution >= 0.6 is 0 Å². The molecule has 2 aromatic heterocycles. The molecule has 1 aliphatic rings. The molecule has 4 rings (SSSR count). The summed E-state index contributed by atoms with van der Waals surface area (Å²) in [6.07, 6.45) is 4.64. The zero-order chi connectivity index (χ0) is 17.4. The summed E-state index contributed by atoms with van der Waals surface area (Å²) in [5, 5.41) is 17.7. The monoisotopic (exact) mass is 334 g/mol. The van der Waals surface area contributed by atoms with Crippen molar-refractivity contribution in [3.8, 4) is 11.8 Å². The van der Waals surface area contributed by atoms with Gasteiger partial charge in [-0.3, -0.25) is 13.9 Å². The zero-order valence-electron chi connectivity index (χ0n) is 13.2. The Kier molecular flexibility index (Phi) is 3.54. The molecule has 0 bridgehead atoms. The highest BCUT2D eigenvalue weighted by Crippen LogP contribution is 2.33. The molecule has 0 aliphatic heterocycles. The maximum atomic E-state index is 12.6. The first kappa shape index (κ1) is 15.1. The smallest absolute Gasteiger partial charge is 0.296 e. The highest BCUT2D eigenvalue weighted by Gasteiger charge is 2.27. The van der Waals surface area contributed by atoms with Gasteiger partial charge < -0.3 is 0 Å². The maximum absolute atomic E-state index is 12.6. The second-order valence-electron chi connectivity index (χ2n) is 5.93. The number of hydrogen-bond donors (Lipinski definition) is 0. The number of benzene rings is 1. The van der Waals surface area contributed by atoms with Crippen LogP contribution in [0.5, 0.6) is 0 Å². The predicted octanol–water partition coefficient (Wildman–Crippen LogP) is 0.846. The van der Waals surface area contributed by atoms with Gasteiger partial charge in [0.1, 0.15) is 17.3 Å². The average Bonchev–Trinajstić information content (AvgIpc) is 3.37. The average molecular weight is 334 g/mol. The molecule has 1 fully saturated rings. The minimum absolute atomic E-state index is 0.0211. The number of hydrogen-bond acceptors (Lipinski definition) is 5. The molecular weight excluding hydrogens is 320 g/mol. The highest BCUT2D eigenvalue weighted by atomic mass is 16.2. The lowest BCUT2D eigenvalue weighted by Gasteiger charge is -2.08. The molecule has 1 saturated carbocycles. The van der Waals surface area contributed by atoms with Crippen molar-refractivity contribution in [3.05, 3.63) is 74.8 Å². The fraction of sp³-hybridized carbons (Fsp3) is 0.235. The van der Waals surface area contributed by atoms with Crippen LogP contribution < -0.4 is 11.2 Å². The van der Waals surface area contributed by atoms with E-state index in [0.29, 0.717) is 5.69 Å². The van der Waals surface area contributed by atoms with E-state index in [2.05, 4.69) is 10.2 Å². The molecule has 1 aliphatic carbocycles. The van der Waals surface area contributed by atoms with Crippen LogP contribution in [-0.4, -0.2) is 24.1 Å². The minimum Gasteiger partial charge on any atom is -0.296 e. The van der Waals surface area contributed by atoms with E-state index in [4.69, 9.17) is 5.26 Å². The summed E-state index contributed by atoms with van der Waals surface area (Å²) in [4.78, 5) is 26.4. The number of nitrogens with zero attached hydrogens (tertiary/aromatic N) is 6. The van der Waals surface area contributed by atoms with Crippen LogP contribution in [0.25, 0.3) is 5.69 Å². The highest BCUT2D eigenvalue weighted by molar-refractivity contribution is 5.28. The van der Waals surface area contributed by atoms with E-state index in [1.165, 1.54) is 21.8 Å². The SMILES string of the molecule is N#Cc1cn(C2CC2)c(=O)n(Cc2cnn(-c3ccccc3)n2)c1=O. The van der Waals surface area contributed by atoms with Crippen molar-refractivity contribution in [1.82, 2.24) is 24.1 Å². The van der Waals surface area contributed by atoms with Crippen molar-refractivity contribution >= 4 is 0 Å². The third kappa shape index (κ3) is 2.76. The standard InChI is InChI=1S/C17H14N6O2/c18-8-12-10-21(14-6-7-14)17(25)22(16(12)24)11-13-9-19-23(20-13)15-4-2-1-3-5-15/h1-5,9-10,14H,6-7,11H2. The van der Waals surface area contributed by atoms with E-state index in [9.17, 15) is 9.59 Å². The lowest BCUT2D eigenvalue weighted by molar-refractivity contribution is 0.580. The van der Waals surface area contributed by atoms with Gasteiger partial charge in [0.25, 0.3) is 5.56 Å². The number of para-hydroxylation sites is 1. The lowest BCUT2D eigenvalue weighted by Crippen LogP contribution is -2.41. The van der Waals surface area contributed by atoms with E-state index < -0.39 is 11.2 Å². The molecule has 8 nitrogen and oxygen atoms in total. The molecule has 0 radical (unpaired) electrons. The topological polar surface area (TPSA) is 98.5 Å². The maximum Gasteiger partial charge on any atom is 0.331 e. The van der Waals surface area contributed by atoms with Crippen molar-refractivity contribution in [1.29, 1.82) is 5.26 Å². The molecule has 0 N–H and O–H groups in total. The summed E-state index contributed by atoms with van der Waals surface area (Å²) in [5.74, 6) is 0. The fourth-order valence-corrected chi connectivity index (χ4v) is 2.67. The molecule has 0 saturated heterocycles. The third-order valence-electron chi connectivity index (χ3n) is 4.10. The van der Waals surface area contributed by atoms with E-state index in [1.54, 1.807) is 0 Å². The molecule has 2 heterocycles. The number of nitriles is 1. The molecule has 0 atom stereocenters. The van der Waals surface area contributed by atoms with Crippen LogP contribution in [0.4, 0.5) is 0 Å². The van der Waals surface area contributed by atoms with Crippen LogP contribution in [0, 0.1) is 11.3 Å². The van der Waals surface area contributed by atoms with Crippen LogP contribution in [0.2, 0.25) is 0 Å². The van der Waals surface area contributed by atoms with Gasteiger partial charge >= 0.3 is 5.69 Å². The largest absolute Gasteiger partial charge is 0.331 e. The molecule has 3 aromatic rings. The van der Waals surface area contributed by atoms with Gasteiger partial charge in [0.05, 0.1) is 18.4 Å². The van der Waals surface area contributed by atoms with E-state index in [0.717, 1.165) is 23.1 Å². The molecule has 25 heavy (non-hydrogen) atoms. The van der Waals surface area contributed by atoms with Gasteiger partial charge in [-0.15, -0.1) is 0 Å². The summed E-state index contributed by atoms with van der Waals surface area (Å²) in [6.45, 7) is -0.0211. The van der Waals surface area contributed by atoms with Gasteiger partial charge in [-0.25, -0.2) is 4.79 Å². The Morgan fingerprint density at radius 1 is 1.20 bits per heavy atom. The van der Waals surface area contributed by atoms with E-state index in [-0.39, 0.29) is 18.2 Å². The van der Waals surface area contributed by atoms with Gasteiger partial charge in [0.2, 0.25) is 0 Å². The normalized spacial score (nSPS) is 13.6. The van der Waals surface area contributed by atoms with Crippen molar-refractivity contribution in [3.63, 3.8) is 0 Å². The van der Waals surface area contributed by atoms with Crippen molar-refractivity contribution in [2.24, 2.45) is 0 Å². The zero-order valence-corrected chi connectivity index (χ0v) is 13.2. The summed E-state index contributed by atoms with van der Waals surface area (Å²) < 4.78 is 2.53. The van der Waals surface area contributed by atoms with Gasteiger partial charge in [0.15, 0.2) is 0 Å². The Morgan fingerprint density at radius 2 is 1.96 bits per heavy atom. The van der Waals surface area contributed by atoms with Crippen LogP contribution in [-0.2, 0) is 6.54 Å². The Hall–Kier alpha value is -3.47. The van der Waals surface area contributed by atoms with Crippen molar-refractivity contribution in [2.45, 2.75) is 25.4 Å². The first-order valence-corrected chi connectivity index (χ1v) is 7.90. The second kappa shape index (κ2) is 5.87. The summed E-state index contributed by atoms with van der Waals surface area (Å²) in [6, 6.07) is 11.3. The quantitative estimate of drug-likeness (QED) is 0.704. The van der Waals surface area contributed by atoms with Gasteiger partial charge in [0, 0.05) is 12.2 Å². The lowest BCUT2D eigenvalue weighted by atomic mass is 10.3. The Bertz CT molecular complexity index is 1080. The summed E-state index contributed by atoms with van der Waals surface area (Å²) >= 11 is 0. The summed E-state index contributed by atoms with van der Waals surface area (Å²) in [7, 11) is 0. The minimum atomic E-state index is -0.598. The number of rotatable bonds is 4. The van der Waals surface area contributed by atoms with Crippen LogP contribution in [0.1, 0.15) is 30.1 Å². The molecule has 0 unspecified atom stereocenters.